The van der Waals surface area contributed by atoms with Crippen LogP contribution in [-0.4, -0.2) is 22.3 Å². The van der Waals surface area contributed by atoms with Crippen molar-refractivity contribution in [2.45, 2.75) is 48.5 Å². The fourth-order valence-electron chi connectivity index (χ4n) is 3.08. The number of benzene rings is 2. The Morgan fingerprint density at radius 3 is 1.48 bits per heavy atom. The van der Waals surface area contributed by atoms with E-state index in [0.717, 1.165) is 17.4 Å². The molecular weight excluding hydrogens is 494 g/mol. The first-order valence-electron chi connectivity index (χ1n) is 10.5. The molecule has 0 radical (unpaired) electrons. The molecular formula is C27H35NS2Zr. The third-order valence-corrected chi connectivity index (χ3v) is 7.36. The van der Waals surface area contributed by atoms with E-state index < -0.39 is 0 Å². The first-order valence-corrected chi connectivity index (χ1v) is 11.7. The van der Waals surface area contributed by atoms with Crippen LogP contribution in [0.25, 0.3) is 0 Å². The number of hydrogen-bond acceptors (Lipinski definition) is 2. The molecule has 3 rings (SSSR count). The number of nitrogens with zero attached hydrogens (tertiary/aromatic N) is 1. The molecule has 0 amide bonds. The molecule has 0 saturated carbocycles. The fourth-order valence-corrected chi connectivity index (χ4v) is 4.87. The molecule has 1 nitrogen and oxygen atoms in total. The second-order valence-electron chi connectivity index (χ2n) is 7.52. The van der Waals surface area contributed by atoms with Crippen molar-refractivity contribution in [1.82, 2.24) is 4.90 Å². The summed E-state index contributed by atoms with van der Waals surface area (Å²) >= 11 is 7.36. The average Bonchev–Trinajstić information content (AvgIpc) is 2.92. The van der Waals surface area contributed by atoms with Gasteiger partial charge in [0.25, 0.3) is 0 Å². The van der Waals surface area contributed by atoms with Crippen LogP contribution < -0.4 is 0 Å². The molecule has 2 aromatic rings. The molecule has 4 heteroatoms. The smallest absolute Gasteiger partial charge is 0.358 e. The maximum atomic E-state index is 5.58. The minimum atomic E-state index is 0. The van der Waals surface area contributed by atoms with Crippen LogP contribution in [0.5, 0.6) is 0 Å². The number of hydrogen-bond donors (Lipinski definition) is 0. The minimum absolute atomic E-state index is 0. The van der Waals surface area contributed by atoms with Gasteiger partial charge in [-0.25, -0.2) is 0 Å². The molecule has 1 aliphatic rings. The van der Waals surface area contributed by atoms with Crippen molar-refractivity contribution in [2.24, 2.45) is 5.41 Å². The maximum absolute atomic E-state index is 5.58. The zero-order valence-electron chi connectivity index (χ0n) is 20.0. The van der Waals surface area contributed by atoms with Crippen molar-refractivity contribution >= 4 is 28.3 Å². The molecule has 0 spiro atoms. The van der Waals surface area contributed by atoms with Crippen molar-refractivity contribution in [3.05, 3.63) is 94.4 Å². The molecule has 0 N–H and O–H groups in total. The summed E-state index contributed by atoms with van der Waals surface area (Å²) < 4.78 is 1.00. The van der Waals surface area contributed by atoms with Gasteiger partial charge < -0.3 is 4.90 Å². The van der Waals surface area contributed by atoms with E-state index in [-0.39, 0.29) is 31.6 Å². The molecule has 1 aliphatic carbocycles. The van der Waals surface area contributed by atoms with Crippen molar-refractivity contribution in [3.63, 3.8) is 0 Å². The van der Waals surface area contributed by atoms with E-state index in [1.54, 1.807) is 11.8 Å². The quantitative estimate of drug-likeness (QED) is 0.294. The van der Waals surface area contributed by atoms with Crippen LogP contribution in [-0.2, 0) is 26.2 Å². The molecule has 0 aromatic heterocycles. The average molecular weight is 529 g/mol. The third-order valence-electron chi connectivity index (χ3n) is 5.40. The largest absolute Gasteiger partial charge is 2.00 e. The predicted molar refractivity (Wildman–Crippen MR) is 139 cm³/mol. The topological polar surface area (TPSA) is 3.24 Å². The van der Waals surface area contributed by atoms with Gasteiger partial charge in [-0.3, -0.25) is 0 Å². The molecule has 0 fully saturated rings. The first-order chi connectivity index (χ1) is 14.3. The van der Waals surface area contributed by atoms with E-state index in [0.29, 0.717) is 0 Å². The standard InChI is InChI=1S/C15H25NS2.2C6H5.Zr/c1-8-16(9-2)14(17)18-13-11(4)10(3)12(5)15(13,6)7;2*1-2-4-6-5-3-1;/h8-9H2,1-7H3;2*1-5H;/q;2*-1;+2. The van der Waals surface area contributed by atoms with Gasteiger partial charge in [0, 0.05) is 23.4 Å². The van der Waals surface area contributed by atoms with Crippen LogP contribution in [0.1, 0.15) is 48.5 Å². The van der Waals surface area contributed by atoms with Crippen molar-refractivity contribution in [2.75, 3.05) is 13.1 Å². The molecule has 0 saturated heterocycles. The summed E-state index contributed by atoms with van der Waals surface area (Å²) in [5.74, 6) is 0. The van der Waals surface area contributed by atoms with E-state index in [1.165, 1.54) is 21.6 Å². The van der Waals surface area contributed by atoms with Gasteiger partial charge in [-0.15, -0.1) is 0 Å². The normalized spacial score (nSPS) is 13.9. The van der Waals surface area contributed by atoms with Gasteiger partial charge in [0.2, 0.25) is 0 Å². The molecule has 0 bridgehead atoms. The Morgan fingerprint density at radius 1 is 0.839 bits per heavy atom. The molecule has 31 heavy (non-hydrogen) atoms. The molecule has 0 atom stereocenters. The summed E-state index contributed by atoms with van der Waals surface area (Å²) in [5.41, 5.74) is 4.46. The van der Waals surface area contributed by atoms with Crippen LogP contribution in [0.4, 0.5) is 0 Å². The second kappa shape index (κ2) is 15.8. The van der Waals surface area contributed by atoms with E-state index in [9.17, 15) is 0 Å². The molecule has 2 aromatic carbocycles. The monoisotopic (exact) mass is 527 g/mol. The van der Waals surface area contributed by atoms with Crippen LogP contribution >= 0.6 is 24.0 Å². The van der Waals surface area contributed by atoms with E-state index in [4.69, 9.17) is 12.2 Å². The van der Waals surface area contributed by atoms with Gasteiger partial charge in [-0.1, -0.05) is 43.4 Å². The molecule has 0 heterocycles. The zero-order valence-corrected chi connectivity index (χ0v) is 24.0. The third kappa shape index (κ3) is 9.60. The zero-order chi connectivity index (χ0) is 22.6. The van der Waals surface area contributed by atoms with Gasteiger partial charge in [0.15, 0.2) is 0 Å². The van der Waals surface area contributed by atoms with Crippen molar-refractivity contribution in [1.29, 1.82) is 0 Å². The van der Waals surface area contributed by atoms with E-state index in [2.05, 4.69) is 65.5 Å². The van der Waals surface area contributed by atoms with Gasteiger partial charge in [-0.2, -0.15) is 72.8 Å². The first kappa shape index (κ1) is 30.0. The molecule has 0 aliphatic heterocycles. The molecule has 164 valence electrons. The van der Waals surface area contributed by atoms with Crippen LogP contribution in [0, 0.1) is 17.5 Å². The van der Waals surface area contributed by atoms with Gasteiger partial charge in [0.05, 0.1) is 0 Å². The van der Waals surface area contributed by atoms with Gasteiger partial charge in [-0.05, 0) is 45.8 Å². The van der Waals surface area contributed by atoms with E-state index in [1.807, 2.05) is 60.7 Å². The van der Waals surface area contributed by atoms with Crippen LogP contribution in [0.3, 0.4) is 0 Å². The predicted octanol–water partition coefficient (Wildman–Crippen LogP) is 7.97. The molecule has 0 unspecified atom stereocenters. The summed E-state index contributed by atoms with van der Waals surface area (Å²) in [6.07, 6.45) is 0. The Bertz CT molecular complexity index is 738. The van der Waals surface area contributed by atoms with Gasteiger partial charge in [0.1, 0.15) is 4.32 Å². The number of allylic oxidation sites excluding steroid dienone is 4. The summed E-state index contributed by atoms with van der Waals surface area (Å²) in [7, 11) is 0. The SMILES string of the molecule is CCN(CC)C(=S)SC1=C(C)C(C)=C(C)C1(C)C.[Zr+2].[c-]1ccccc1.[c-]1ccccc1. The number of thioether (sulfide) groups is 1. The Hall–Kier alpha value is -0.957. The Morgan fingerprint density at radius 2 is 1.26 bits per heavy atom. The Kier molecular flexibility index (Phi) is 15.3. The van der Waals surface area contributed by atoms with Crippen molar-refractivity contribution < 1.29 is 26.2 Å². The Labute approximate surface area is 219 Å². The van der Waals surface area contributed by atoms with Gasteiger partial charge >= 0.3 is 26.2 Å². The summed E-state index contributed by atoms with van der Waals surface area (Å²) in [4.78, 5) is 3.67. The summed E-state index contributed by atoms with van der Waals surface area (Å²) in [6.45, 7) is 17.6. The summed E-state index contributed by atoms with van der Waals surface area (Å²) in [6, 6.07) is 25.0. The minimum Gasteiger partial charge on any atom is -0.358 e. The van der Waals surface area contributed by atoms with E-state index >= 15 is 0 Å². The summed E-state index contributed by atoms with van der Waals surface area (Å²) in [5, 5.41) is 0. The number of rotatable bonds is 3. The number of thiocarbonyl (C=S) groups is 1. The fraction of sp³-hybridized carbons (Fsp3) is 0.370. The Balaban J connectivity index is 0.000000559. The van der Waals surface area contributed by atoms with Crippen LogP contribution in [0.15, 0.2) is 82.3 Å². The van der Waals surface area contributed by atoms with Crippen LogP contribution in [0.2, 0.25) is 0 Å². The second-order valence-corrected chi connectivity index (χ2v) is 9.17. The maximum Gasteiger partial charge on any atom is 2.00 e. The van der Waals surface area contributed by atoms with Crippen molar-refractivity contribution in [3.8, 4) is 0 Å².